The van der Waals surface area contributed by atoms with Crippen LogP contribution < -0.4 is 5.32 Å². The molecule has 1 heterocycles. The van der Waals surface area contributed by atoms with Crippen LogP contribution in [0.1, 0.15) is 6.42 Å². The van der Waals surface area contributed by atoms with E-state index >= 15 is 0 Å². The van der Waals surface area contributed by atoms with Crippen molar-refractivity contribution in [3.63, 3.8) is 0 Å². The number of carbonyl (C=O) groups is 2. The number of alkyl halides is 2. The molecule has 1 N–H and O–H groups in total. The Morgan fingerprint density at radius 3 is 2.50 bits per heavy atom. The molecule has 1 aliphatic rings. The molecule has 1 aliphatic heterocycles. The van der Waals surface area contributed by atoms with Crippen LogP contribution >= 0.6 is 0 Å². The first-order valence-corrected chi connectivity index (χ1v) is 2.70. The van der Waals surface area contributed by atoms with Gasteiger partial charge in [0.05, 0.1) is 6.04 Å². The number of carbonyl (C=O) groups excluding carboxylic acids is 2. The smallest absolute Gasteiger partial charge is 0.327 e. The molecule has 1 rings (SSSR count). The number of amides is 1. The van der Waals surface area contributed by atoms with E-state index in [2.05, 4.69) is 0 Å². The van der Waals surface area contributed by atoms with E-state index in [4.69, 9.17) is 0 Å². The summed E-state index contributed by atoms with van der Waals surface area (Å²) >= 11 is 0. The largest absolute Gasteiger partial charge is 0.341 e. The van der Waals surface area contributed by atoms with Gasteiger partial charge in [0.2, 0.25) is 0 Å². The summed E-state index contributed by atoms with van der Waals surface area (Å²) in [5.74, 6) is -4.71. The number of hydrogen-bond acceptors (Lipinski definition) is 2. The number of rotatable bonds is 1. The molecular formula is C5H5F2NO2. The van der Waals surface area contributed by atoms with Crippen LogP contribution in [0.15, 0.2) is 0 Å². The molecule has 0 spiro atoms. The van der Waals surface area contributed by atoms with Crippen molar-refractivity contribution < 1.29 is 18.4 Å². The van der Waals surface area contributed by atoms with E-state index in [1.807, 2.05) is 5.32 Å². The number of nitrogens with one attached hydrogen (secondary N) is 1. The van der Waals surface area contributed by atoms with Gasteiger partial charge in [-0.3, -0.25) is 4.79 Å². The van der Waals surface area contributed by atoms with Crippen molar-refractivity contribution in [2.24, 2.45) is 0 Å². The van der Waals surface area contributed by atoms with Crippen molar-refractivity contribution in [1.29, 1.82) is 0 Å². The van der Waals surface area contributed by atoms with E-state index in [-0.39, 0.29) is 0 Å². The average molecular weight is 149 g/mol. The van der Waals surface area contributed by atoms with Gasteiger partial charge in [0.1, 0.15) is 6.29 Å². The lowest BCUT2D eigenvalue weighted by Gasteiger charge is -2.00. The Morgan fingerprint density at radius 1 is 1.70 bits per heavy atom. The molecule has 0 aromatic rings. The first kappa shape index (κ1) is 7.11. The van der Waals surface area contributed by atoms with Crippen molar-refractivity contribution in [2.75, 3.05) is 0 Å². The summed E-state index contributed by atoms with van der Waals surface area (Å²) in [7, 11) is 0. The SMILES string of the molecule is O=CC1CC(F)(F)C(=O)N1. The molecule has 0 saturated carbocycles. The number of aldehydes is 1. The highest BCUT2D eigenvalue weighted by molar-refractivity contribution is 5.89. The first-order chi connectivity index (χ1) is 4.56. The maximum Gasteiger partial charge on any atom is 0.327 e. The Balaban J connectivity index is 2.70. The zero-order chi connectivity index (χ0) is 7.78. The van der Waals surface area contributed by atoms with Gasteiger partial charge < -0.3 is 10.1 Å². The summed E-state index contributed by atoms with van der Waals surface area (Å²) in [5.41, 5.74) is 0. The Bertz CT molecular complexity index is 180. The Labute approximate surface area is 55.4 Å². The average Bonchev–Trinajstić information content (AvgIpc) is 2.08. The lowest BCUT2D eigenvalue weighted by Crippen LogP contribution is -2.30. The van der Waals surface area contributed by atoms with E-state index < -0.39 is 24.3 Å². The molecule has 0 bridgehead atoms. The van der Waals surface area contributed by atoms with Gasteiger partial charge in [-0.05, 0) is 0 Å². The number of halogens is 2. The highest BCUT2D eigenvalue weighted by atomic mass is 19.3. The van der Waals surface area contributed by atoms with Crippen LogP contribution in [0, 0.1) is 0 Å². The van der Waals surface area contributed by atoms with Crippen molar-refractivity contribution in [3.8, 4) is 0 Å². The van der Waals surface area contributed by atoms with Crippen molar-refractivity contribution in [1.82, 2.24) is 5.32 Å². The molecule has 1 saturated heterocycles. The third-order valence-corrected chi connectivity index (χ3v) is 1.29. The van der Waals surface area contributed by atoms with Gasteiger partial charge >= 0.3 is 5.92 Å². The quantitative estimate of drug-likeness (QED) is 0.520. The van der Waals surface area contributed by atoms with Gasteiger partial charge in [0.15, 0.2) is 0 Å². The predicted molar refractivity (Wildman–Crippen MR) is 27.6 cm³/mol. The van der Waals surface area contributed by atoms with E-state index in [1.54, 1.807) is 0 Å². The minimum absolute atomic E-state index is 0.304. The molecule has 56 valence electrons. The van der Waals surface area contributed by atoms with E-state index in [1.165, 1.54) is 0 Å². The summed E-state index contributed by atoms with van der Waals surface area (Å²) in [6, 6.07) is -1.01. The summed E-state index contributed by atoms with van der Waals surface area (Å²) in [4.78, 5) is 20.1. The van der Waals surface area contributed by atoms with Crippen molar-refractivity contribution in [2.45, 2.75) is 18.4 Å². The topological polar surface area (TPSA) is 46.2 Å². The summed E-state index contributed by atoms with van der Waals surface area (Å²) < 4.78 is 24.4. The summed E-state index contributed by atoms with van der Waals surface area (Å²) in [6.45, 7) is 0. The fourth-order valence-corrected chi connectivity index (χ4v) is 0.776. The second-order valence-corrected chi connectivity index (χ2v) is 2.12. The summed E-state index contributed by atoms with van der Waals surface area (Å²) in [6.07, 6.45) is -0.409. The maximum absolute atomic E-state index is 12.2. The third-order valence-electron chi connectivity index (χ3n) is 1.29. The zero-order valence-corrected chi connectivity index (χ0v) is 4.93. The van der Waals surface area contributed by atoms with Gasteiger partial charge in [-0.25, -0.2) is 0 Å². The molecular weight excluding hydrogens is 144 g/mol. The van der Waals surface area contributed by atoms with Gasteiger partial charge in [-0.2, -0.15) is 8.78 Å². The molecule has 1 fully saturated rings. The second kappa shape index (κ2) is 2.00. The fraction of sp³-hybridized carbons (Fsp3) is 0.600. The Morgan fingerprint density at radius 2 is 2.30 bits per heavy atom. The Kier molecular flexibility index (Phi) is 1.42. The fourth-order valence-electron chi connectivity index (χ4n) is 0.776. The van der Waals surface area contributed by atoms with Crippen LogP contribution in [0.2, 0.25) is 0 Å². The lowest BCUT2D eigenvalue weighted by atomic mass is 10.2. The standard InChI is InChI=1S/C5H5F2NO2/c6-5(7)1-3(2-9)8-4(5)10/h2-3H,1H2,(H,8,10). The molecule has 0 radical (unpaired) electrons. The molecule has 1 amide bonds. The predicted octanol–water partition coefficient (Wildman–Crippen LogP) is -0.291. The minimum Gasteiger partial charge on any atom is -0.341 e. The van der Waals surface area contributed by atoms with Crippen LogP contribution in [0.5, 0.6) is 0 Å². The zero-order valence-electron chi connectivity index (χ0n) is 4.93. The van der Waals surface area contributed by atoms with E-state index in [0.29, 0.717) is 6.29 Å². The van der Waals surface area contributed by atoms with Crippen LogP contribution in [-0.4, -0.2) is 24.2 Å². The minimum atomic E-state index is -3.36. The molecule has 0 aromatic heterocycles. The molecule has 3 nitrogen and oxygen atoms in total. The van der Waals surface area contributed by atoms with Crippen LogP contribution in [0.3, 0.4) is 0 Å². The first-order valence-electron chi connectivity index (χ1n) is 2.70. The third kappa shape index (κ3) is 0.984. The molecule has 10 heavy (non-hydrogen) atoms. The molecule has 1 unspecified atom stereocenters. The molecule has 0 aromatic carbocycles. The van der Waals surface area contributed by atoms with Gasteiger partial charge in [0, 0.05) is 6.42 Å². The second-order valence-electron chi connectivity index (χ2n) is 2.12. The van der Waals surface area contributed by atoms with Gasteiger partial charge in [0.25, 0.3) is 5.91 Å². The van der Waals surface area contributed by atoms with E-state index in [0.717, 1.165) is 0 Å². The van der Waals surface area contributed by atoms with Gasteiger partial charge in [-0.15, -0.1) is 0 Å². The molecule has 0 aliphatic carbocycles. The van der Waals surface area contributed by atoms with Crippen molar-refractivity contribution in [3.05, 3.63) is 0 Å². The van der Waals surface area contributed by atoms with E-state index in [9.17, 15) is 18.4 Å². The normalized spacial score (nSPS) is 29.8. The lowest BCUT2D eigenvalue weighted by molar-refractivity contribution is -0.139. The van der Waals surface area contributed by atoms with Crippen LogP contribution in [0.4, 0.5) is 8.78 Å². The monoisotopic (exact) mass is 149 g/mol. The number of hydrogen-bond donors (Lipinski definition) is 1. The maximum atomic E-state index is 12.2. The van der Waals surface area contributed by atoms with Crippen LogP contribution in [0.25, 0.3) is 0 Å². The molecule has 5 heteroatoms. The van der Waals surface area contributed by atoms with Gasteiger partial charge in [-0.1, -0.05) is 0 Å². The summed E-state index contributed by atoms with van der Waals surface area (Å²) in [5, 5.41) is 1.84. The van der Waals surface area contributed by atoms with Crippen LogP contribution in [-0.2, 0) is 9.59 Å². The Hall–Kier alpha value is -1.00. The highest BCUT2D eigenvalue weighted by Crippen LogP contribution is 2.25. The van der Waals surface area contributed by atoms with Crippen molar-refractivity contribution >= 4 is 12.2 Å². The molecule has 1 atom stereocenters. The highest BCUT2D eigenvalue weighted by Gasteiger charge is 2.47.